The van der Waals surface area contributed by atoms with Gasteiger partial charge in [-0.05, 0) is 18.7 Å². The minimum atomic E-state index is 0.751. The van der Waals surface area contributed by atoms with Gasteiger partial charge in [0.15, 0.2) is 0 Å². The zero-order valence-corrected chi connectivity index (χ0v) is 13.1. The van der Waals surface area contributed by atoms with E-state index in [-0.39, 0.29) is 0 Å². The maximum atomic E-state index is 3.61. The largest absolute Gasteiger partial charge is 0.313 e. The molecule has 1 nitrogen and oxygen atoms in total. The molecule has 0 aromatic rings. The van der Waals surface area contributed by atoms with Crippen LogP contribution < -0.4 is 5.32 Å². The van der Waals surface area contributed by atoms with Crippen LogP contribution in [0.5, 0.6) is 0 Å². The van der Waals surface area contributed by atoms with Crippen molar-refractivity contribution < 1.29 is 0 Å². The van der Waals surface area contributed by atoms with E-state index >= 15 is 0 Å². The highest BCUT2D eigenvalue weighted by Crippen LogP contribution is 2.12. The molecule has 1 N–H and O–H groups in total. The normalized spacial score (nSPS) is 12.9. The van der Waals surface area contributed by atoms with Gasteiger partial charge >= 0.3 is 0 Å². The fourth-order valence-electron chi connectivity index (χ4n) is 2.14. The average Bonchev–Trinajstić information content (AvgIpc) is 2.34. The average molecular weight is 260 g/mol. The van der Waals surface area contributed by atoms with Crippen molar-refractivity contribution in [2.24, 2.45) is 0 Å². The second-order valence-electron chi connectivity index (χ2n) is 4.82. The lowest BCUT2D eigenvalue weighted by Crippen LogP contribution is -2.31. The summed E-state index contributed by atoms with van der Waals surface area (Å²) in [5, 5.41) is 3.61. The highest BCUT2D eigenvalue weighted by atomic mass is 32.2. The Labute approximate surface area is 114 Å². The van der Waals surface area contributed by atoms with E-state index in [1.54, 1.807) is 0 Å². The van der Waals surface area contributed by atoms with E-state index in [9.17, 15) is 0 Å². The molecule has 0 aromatic carbocycles. The van der Waals surface area contributed by atoms with Crippen molar-refractivity contribution in [2.75, 3.05) is 18.1 Å². The molecule has 1 atom stereocenters. The van der Waals surface area contributed by atoms with E-state index < -0.39 is 0 Å². The second kappa shape index (κ2) is 14.4. The van der Waals surface area contributed by atoms with Crippen LogP contribution in [0.25, 0.3) is 0 Å². The minimum Gasteiger partial charge on any atom is -0.313 e. The Hall–Kier alpha value is 0.310. The number of rotatable bonds is 13. The van der Waals surface area contributed by atoms with Crippen LogP contribution in [0.4, 0.5) is 0 Å². The quantitative estimate of drug-likeness (QED) is 0.474. The summed E-state index contributed by atoms with van der Waals surface area (Å²) in [6.45, 7) is 7.87. The molecule has 0 saturated carbocycles. The Balaban J connectivity index is 3.34. The van der Waals surface area contributed by atoms with Crippen LogP contribution >= 0.6 is 11.8 Å². The summed E-state index contributed by atoms with van der Waals surface area (Å²) in [4.78, 5) is 0. The van der Waals surface area contributed by atoms with Gasteiger partial charge in [-0.1, -0.05) is 65.7 Å². The third kappa shape index (κ3) is 12.6. The fraction of sp³-hybridized carbons (Fsp3) is 1.00. The smallest absolute Gasteiger partial charge is 0.0158 e. The maximum absolute atomic E-state index is 3.61. The van der Waals surface area contributed by atoms with Gasteiger partial charge in [-0.15, -0.1) is 0 Å². The van der Waals surface area contributed by atoms with Crippen molar-refractivity contribution >= 4 is 11.8 Å². The zero-order chi connectivity index (χ0) is 12.8. The topological polar surface area (TPSA) is 12.0 Å². The van der Waals surface area contributed by atoms with Gasteiger partial charge in [0.05, 0.1) is 0 Å². The van der Waals surface area contributed by atoms with E-state index in [0.717, 1.165) is 12.6 Å². The second-order valence-corrected chi connectivity index (χ2v) is 6.14. The summed E-state index contributed by atoms with van der Waals surface area (Å²) < 4.78 is 0. The highest BCUT2D eigenvalue weighted by molar-refractivity contribution is 7.99. The van der Waals surface area contributed by atoms with Crippen molar-refractivity contribution in [2.45, 2.75) is 78.2 Å². The first-order valence-corrected chi connectivity index (χ1v) is 8.81. The molecule has 0 heterocycles. The van der Waals surface area contributed by atoms with Crippen molar-refractivity contribution in [3.8, 4) is 0 Å². The molecule has 0 bridgehead atoms. The first-order chi connectivity index (χ1) is 8.35. The SMILES string of the molecule is CCCCCCCCCC(CSCC)NCC. The van der Waals surface area contributed by atoms with E-state index in [2.05, 4.69) is 37.8 Å². The summed E-state index contributed by atoms with van der Waals surface area (Å²) in [6.07, 6.45) is 11.3. The molecular formula is C15H33NS. The molecule has 0 aliphatic rings. The van der Waals surface area contributed by atoms with Crippen molar-refractivity contribution in [3.05, 3.63) is 0 Å². The minimum absolute atomic E-state index is 0.751. The van der Waals surface area contributed by atoms with Gasteiger partial charge in [0.25, 0.3) is 0 Å². The molecule has 0 spiro atoms. The summed E-state index contributed by atoms with van der Waals surface area (Å²) in [6, 6.07) is 0.751. The monoisotopic (exact) mass is 259 g/mol. The number of hydrogen-bond donors (Lipinski definition) is 1. The van der Waals surface area contributed by atoms with E-state index in [1.165, 1.54) is 62.9 Å². The summed E-state index contributed by atoms with van der Waals surface area (Å²) in [7, 11) is 0. The summed E-state index contributed by atoms with van der Waals surface area (Å²) >= 11 is 2.07. The third-order valence-corrected chi connectivity index (χ3v) is 4.22. The summed E-state index contributed by atoms with van der Waals surface area (Å²) in [5.74, 6) is 2.54. The first-order valence-electron chi connectivity index (χ1n) is 7.66. The molecule has 17 heavy (non-hydrogen) atoms. The predicted molar refractivity (Wildman–Crippen MR) is 83.1 cm³/mol. The predicted octanol–water partition coefficient (Wildman–Crippen LogP) is 4.86. The van der Waals surface area contributed by atoms with Gasteiger partial charge in [-0.25, -0.2) is 0 Å². The van der Waals surface area contributed by atoms with Crippen LogP contribution in [0.3, 0.4) is 0 Å². The van der Waals surface area contributed by atoms with Crippen LogP contribution in [0.15, 0.2) is 0 Å². The summed E-state index contributed by atoms with van der Waals surface area (Å²) in [5.41, 5.74) is 0. The first kappa shape index (κ1) is 17.3. The molecule has 1 unspecified atom stereocenters. The van der Waals surface area contributed by atoms with Gasteiger partial charge in [0.2, 0.25) is 0 Å². The van der Waals surface area contributed by atoms with Crippen molar-refractivity contribution in [3.63, 3.8) is 0 Å². The van der Waals surface area contributed by atoms with E-state index in [1.807, 2.05) is 0 Å². The molecule has 0 radical (unpaired) electrons. The number of unbranched alkanes of at least 4 members (excludes halogenated alkanes) is 6. The maximum Gasteiger partial charge on any atom is 0.0158 e. The van der Waals surface area contributed by atoms with E-state index in [4.69, 9.17) is 0 Å². The molecule has 0 fully saturated rings. The standard InChI is InChI=1S/C15H33NS/c1-4-7-8-9-10-11-12-13-15(16-5-2)14-17-6-3/h15-16H,4-14H2,1-3H3. The van der Waals surface area contributed by atoms with Crippen LogP contribution in [0.1, 0.15) is 72.1 Å². The lowest BCUT2D eigenvalue weighted by Gasteiger charge is -2.17. The third-order valence-electron chi connectivity index (χ3n) is 3.17. The lowest BCUT2D eigenvalue weighted by molar-refractivity contribution is 0.492. The molecule has 104 valence electrons. The highest BCUT2D eigenvalue weighted by Gasteiger charge is 2.05. The number of thioether (sulfide) groups is 1. The van der Waals surface area contributed by atoms with Gasteiger partial charge in [-0.2, -0.15) is 11.8 Å². The Kier molecular flexibility index (Phi) is 14.6. The Morgan fingerprint density at radius 2 is 1.53 bits per heavy atom. The Morgan fingerprint density at radius 1 is 0.882 bits per heavy atom. The van der Waals surface area contributed by atoms with Gasteiger partial charge in [-0.3, -0.25) is 0 Å². The van der Waals surface area contributed by atoms with Gasteiger partial charge in [0, 0.05) is 11.8 Å². The van der Waals surface area contributed by atoms with E-state index in [0.29, 0.717) is 0 Å². The molecule has 0 amide bonds. The molecule has 2 heteroatoms. The van der Waals surface area contributed by atoms with Crippen LogP contribution in [-0.2, 0) is 0 Å². The lowest BCUT2D eigenvalue weighted by atomic mass is 10.1. The molecule has 0 saturated heterocycles. The van der Waals surface area contributed by atoms with Gasteiger partial charge in [0.1, 0.15) is 0 Å². The van der Waals surface area contributed by atoms with Crippen molar-refractivity contribution in [1.82, 2.24) is 5.32 Å². The molecule has 0 aliphatic carbocycles. The van der Waals surface area contributed by atoms with Crippen molar-refractivity contribution in [1.29, 1.82) is 0 Å². The molecule has 0 rings (SSSR count). The molecule has 0 aliphatic heterocycles. The molecule has 0 aromatic heterocycles. The number of nitrogens with one attached hydrogen (secondary N) is 1. The Bertz CT molecular complexity index is 139. The van der Waals surface area contributed by atoms with Crippen LogP contribution in [0, 0.1) is 0 Å². The zero-order valence-electron chi connectivity index (χ0n) is 12.3. The fourth-order valence-corrected chi connectivity index (χ4v) is 2.95. The molecular weight excluding hydrogens is 226 g/mol. The number of hydrogen-bond acceptors (Lipinski definition) is 2. The Morgan fingerprint density at radius 3 is 2.12 bits per heavy atom. The van der Waals surface area contributed by atoms with Crippen LogP contribution in [-0.4, -0.2) is 24.1 Å². The van der Waals surface area contributed by atoms with Crippen LogP contribution in [0.2, 0.25) is 0 Å². The van der Waals surface area contributed by atoms with Gasteiger partial charge < -0.3 is 5.32 Å².